The average molecular weight is 497 g/mol. The van der Waals surface area contributed by atoms with E-state index in [0.717, 1.165) is 61.3 Å². The number of unbranched alkanes of at least 4 members (excludes halogenated alkanes) is 1. The van der Waals surface area contributed by atoms with Crippen molar-refractivity contribution in [2.45, 2.75) is 72.1 Å². The number of allylic oxidation sites excluding steroid dienone is 2. The molecule has 5 nitrogen and oxygen atoms in total. The molecular formula is C29H38N2O3S. The van der Waals surface area contributed by atoms with E-state index < -0.39 is 11.4 Å². The predicted molar refractivity (Wildman–Crippen MR) is 140 cm³/mol. The Morgan fingerprint density at radius 3 is 2.80 bits per heavy atom. The van der Waals surface area contributed by atoms with Crippen LogP contribution in [0.25, 0.3) is 0 Å². The van der Waals surface area contributed by atoms with Crippen molar-refractivity contribution >= 4 is 28.8 Å². The molecule has 1 aromatic rings. The van der Waals surface area contributed by atoms with Gasteiger partial charge < -0.3 is 10.4 Å². The first-order chi connectivity index (χ1) is 17.1. The number of carboxylic acid groups (broad SMARTS) is 1. The van der Waals surface area contributed by atoms with Gasteiger partial charge in [-0.15, -0.1) is 0 Å². The zero-order valence-corrected chi connectivity index (χ0v) is 21.9. The maximum absolute atomic E-state index is 13.2. The summed E-state index contributed by atoms with van der Waals surface area (Å²) in [5.74, 6) is 0.303. The number of nitrogens with zero attached hydrogens (tertiary/aromatic N) is 1. The highest BCUT2D eigenvalue weighted by Crippen LogP contribution is 2.66. The molecule has 2 N–H and O–H groups in total. The van der Waals surface area contributed by atoms with Crippen LogP contribution >= 0.6 is 12.2 Å². The molecule has 0 radical (unpaired) electrons. The number of thiocarbonyl (C=S) groups is 1. The topological polar surface area (TPSA) is 79.3 Å². The van der Waals surface area contributed by atoms with Gasteiger partial charge >= 0.3 is 5.97 Å². The van der Waals surface area contributed by atoms with E-state index in [4.69, 9.17) is 13.6 Å². The molecule has 3 fully saturated rings. The molecule has 1 aromatic heterocycles. The first-order valence-electron chi connectivity index (χ1n) is 13.8. The van der Waals surface area contributed by atoms with Gasteiger partial charge in [0.05, 0.1) is 7.06 Å². The third kappa shape index (κ3) is 3.61. The van der Waals surface area contributed by atoms with Crippen LogP contribution in [0, 0.1) is 39.9 Å². The third-order valence-electron chi connectivity index (χ3n) is 10.4. The summed E-state index contributed by atoms with van der Waals surface area (Å²) in [6.45, 7) is 7.47. The van der Waals surface area contributed by atoms with Gasteiger partial charge in [0, 0.05) is 40.7 Å². The Bertz CT molecular complexity index is 1140. The number of ketones is 1. The fraction of sp³-hybridized carbons (Fsp3) is 0.655. The van der Waals surface area contributed by atoms with Crippen LogP contribution in [0.2, 0.25) is 0 Å². The monoisotopic (exact) mass is 496 g/mol. The van der Waals surface area contributed by atoms with Crippen LogP contribution in [0.15, 0.2) is 36.1 Å². The molecule has 3 aliphatic carbocycles. The summed E-state index contributed by atoms with van der Waals surface area (Å²) in [5, 5.41) is 13.9. The van der Waals surface area contributed by atoms with Gasteiger partial charge in [-0.05, 0) is 73.8 Å². The molecular weight excluding hydrogens is 456 g/mol. The third-order valence-corrected chi connectivity index (χ3v) is 10.9. The SMILES string of the molecule is [3H]c1cccc(C(=S)[C@H]2CC[C@H]3[C@@H]4CNC5=CC(=O)C(CCCC)(C(=O)O)C[C@]5(C)[C@H]4CC[C@]23C)n1. The molecule has 1 aliphatic heterocycles. The second-order valence-electron chi connectivity index (χ2n) is 12.0. The van der Waals surface area contributed by atoms with E-state index in [0.29, 0.717) is 30.6 Å². The Balaban J connectivity index is 1.45. The molecule has 6 heteroatoms. The number of hydrogen-bond donors (Lipinski definition) is 2. The van der Waals surface area contributed by atoms with Crippen LogP contribution in [0.4, 0.5) is 0 Å². The molecule has 2 saturated carbocycles. The molecule has 0 bridgehead atoms. The Morgan fingerprint density at radius 1 is 1.29 bits per heavy atom. The summed E-state index contributed by atoms with van der Waals surface area (Å²) in [6.07, 6.45) is 8.48. The second-order valence-corrected chi connectivity index (χ2v) is 12.4. The van der Waals surface area contributed by atoms with Crippen LogP contribution < -0.4 is 5.32 Å². The first kappa shape index (κ1) is 23.3. The lowest BCUT2D eigenvalue weighted by molar-refractivity contribution is -0.160. The van der Waals surface area contributed by atoms with Gasteiger partial charge in [-0.2, -0.15) is 0 Å². The number of carbonyl (C=O) groups excluding carboxylic acids is 1. The summed E-state index contributed by atoms with van der Waals surface area (Å²) in [5.41, 5.74) is 0.119. The van der Waals surface area contributed by atoms with Gasteiger partial charge in [-0.1, -0.05) is 51.9 Å². The molecule has 1 saturated heterocycles. The molecule has 1 unspecified atom stereocenters. The van der Waals surface area contributed by atoms with Crippen molar-refractivity contribution < 1.29 is 16.1 Å². The Kier molecular flexibility index (Phi) is 5.86. The number of rotatable bonds is 6. The van der Waals surface area contributed by atoms with E-state index in [2.05, 4.69) is 24.1 Å². The minimum atomic E-state index is -1.31. The van der Waals surface area contributed by atoms with Gasteiger partial charge in [0.25, 0.3) is 0 Å². The van der Waals surface area contributed by atoms with Crippen molar-refractivity contribution in [1.82, 2.24) is 10.3 Å². The van der Waals surface area contributed by atoms with Gasteiger partial charge in [0.2, 0.25) is 0 Å². The van der Waals surface area contributed by atoms with Gasteiger partial charge in [-0.3, -0.25) is 14.6 Å². The predicted octanol–water partition coefficient (Wildman–Crippen LogP) is 5.59. The zero-order chi connectivity index (χ0) is 25.9. The van der Waals surface area contributed by atoms with Crippen LogP contribution in [0.1, 0.15) is 79.2 Å². The smallest absolute Gasteiger partial charge is 0.317 e. The molecule has 2 heterocycles. The highest BCUT2D eigenvalue weighted by atomic mass is 32.1. The molecule has 188 valence electrons. The molecule has 35 heavy (non-hydrogen) atoms. The van der Waals surface area contributed by atoms with Crippen molar-refractivity contribution in [2.24, 2.45) is 39.9 Å². The number of piperidine rings is 1. The van der Waals surface area contributed by atoms with Crippen molar-refractivity contribution in [1.29, 1.82) is 0 Å². The first-order valence-corrected chi connectivity index (χ1v) is 13.7. The highest BCUT2D eigenvalue weighted by molar-refractivity contribution is 7.80. The Labute approximate surface area is 215 Å². The normalized spacial score (nSPS) is 40.5. The van der Waals surface area contributed by atoms with Gasteiger partial charge in [0.15, 0.2) is 5.78 Å². The summed E-state index contributed by atoms with van der Waals surface area (Å²) in [4.78, 5) is 31.1. The minimum Gasteiger partial charge on any atom is -0.480 e. The van der Waals surface area contributed by atoms with E-state index >= 15 is 0 Å². The maximum atomic E-state index is 13.2. The number of pyridine rings is 1. The fourth-order valence-corrected chi connectivity index (χ4v) is 8.97. The minimum absolute atomic E-state index is 0.0633. The van der Waals surface area contributed by atoms with Crippen LogP contribution in [-0.2, 0) is 9.59 Å². The molecule has 0 amide bonds. The quantitative estimate of drug-likeness (QED) is 0.304. The number of hydrogen-bond acceptors (Lipinski definition) is 5. The summed E-state index contributed by atoms with van der Waals surface area (Å²) in [6, 6.07) is 5.48. The van der Waals surface area contributed by atoms with E-state index in [9.17, 15) is 14.7 Å². The lowest BCUT2D eigenvalue weighted by atomic mass is 9.47. The van der Waals surface area contributed by atoms with Crippen molar-refractivity contribution in [3.63, 3.8) is 0 Å². The standard InChI is InChI=1S/C29H38N2O3S/c1-4-5-12-29(26(33)34)17-28(3)20-11-13-27(2)19(18(20)16-31-23(28)15-24(29)32)9-10-21(27)25(35)22-8-6-7-14-30-22/h6-8,14-15,18-21,31H,4-5,9-13,16-17H2,1-3H3,(H,33,34)/t18-,19-,20-,21+,27-,28+,29?/m0/s1/i14T. The molecule has 0 aromatic carbocycles. The van der Waals surface area contributed by atoms with E-state index in [1.54, 1.807) is 12.1 Å². The molecule has 0 spiro atoms. The van der Waals surface area contributed by atoms with Crippen molar-refractivity contribution in [2.75, 3.05) is 6.54 Å². The summed E-state index contributed by atoms with van der Waals surface area (Å²) >= 11 is 5.98. The van der Waals surface area contributed by atoms with E-state index in [1.165, 1.54) is 0 Å². The second kappa shape index (κ2) is 8.79. The molecule has 7 atom stereocenters. The van der Waals surface area contributed by atoms with Crippen LogP contribution in [-0.4, -0.2) is 33.3 Å². The lowest BCUT2D eigenvalue weighted by Crippen LogP contribution is -2.60. The Morgan fingerprint density at radius 2 is 2.09 bits per heavy atom. The van der Waals surface area contributed by atoms with Gasteiger partial charge in [-0.25, -0.2) is 0 Å². The molecule has 5 rings (SSSR count). The number of aromatic nitrogens is 1. The van der Waals surface area contributed by atoms with Crippen LogP contribution in [0.5, 0.6) is 0 Å². The van der Waals surface area contributed by atoms with Crippen molar-refractivity contribution in [3.05, 3.63) is 41.8 Å². The number of fused-ring (bicyclic) bond motifs is 5. The van der Waals surface area contributed by atoms with Crippen LogP contribution in [0.3, 0.4) is 0 Å². The highest BCUT2D eigenvalue weighted by Gasteiger charge is 2.63. The summed E-state index contributed by atoms with van der Waals surface area (Å²) < 4.78 is 7.93. The van der Waals surface area contributed by atoms with Crippen molar-refractivity contribution in [3.8, 4) is 0 Å². The number of carbonyl (C=O) groups is 2. The average Bonchev–Trinajstić information content (AvgIpc) is 3.19. The number of aliphatic carboxylic acids is 1. The lowest BCUT2D eigenvalue weighted by Gasteiger charge is -2.59. The van der Waals surface area contributed by atoms with Gasteiger partial charge in [0.1, 0.15) is 5.41 Å². The zero-order valence-electron chi connectivity index (χ0n) is 22.1. The fourth-order valence-electron chi connectivity index (χ4n) is 8.47. The largest absolute Gasteiger partial charge is 0.480 e. The van der Waals surface area contributed by atoms with E-state index in [-0.39, 0.29) is 28.7 Å². The summed E-state index contributed by atoms with van der Waals surface area (Å²) in [7, 11) is 0. The van der Waals surface area contributed by atoms with E-state index in [1.807, 2.05) is 19.1 Å². The number of carboxylic acids is 1. The molecule has 4 aliphatic rings. The Hall–Kier alpha value is -2.08. The maximum Gasteiger partial charge on any atom is 0.317 e. The number of nitrogens with one attached hydrogen (secondary N) is 1.